The normalized spacial score (nSPS) is 20.0. The number of rotatable bonds is 2. The van der Waals surface area contributed by atoms with E-state index in [1.165, 1.54) is 0 Å². The van der Waals surface area contributed by atoms with Crippen molar-refractivity contribution >= 4 is 23.5 Å². The van der Waals surface area contributed by atoms with Gasteiger partial charge in [0.1, 0.15) is 0 Å². The molecular formula is C14H20N4O2S. The zero-order valence-electron chi connectivity index (χ0n) is 12.2. The third-order valence-electron chi connectivity index (χ3n) is 4.40. The molecule has 7 heteroatoms. The summed E-state index contributed by atoms with van der Waals surface area (Å²) in [4.78, 5) is 28.5. The number of carbonyl (C=O) groups excluding carboxylic acids is 2. The summed E-state index contributed by atoms with van der Waals surface area (Å²) < 4.78 is 8.12. The zero-order valence-corrected chi connectivity index (χ0v) is 13.1. The monoisotopic (exact) mass is 308 g/mol. The van der Waals surface area contributed by atoms with Crippen molar-refractivity contribution in [1.29, 1.82) is 0 Å². The standard InChI is InChI=1S/C14H20N4O2S/c1-10-12(16-21-15-10)14(20)18-8-4-11(5-9-18)13(19)17-6-2-3-7-17/h11H,2-9H2,1H3. The average molecular weight is 308 g/mol. The van der Waals surface area contributed by atoms with Crippen molar-refractivity contribution < 1.29 is 9.59 Å². The summed E-state index contributed by atoms with van der Waals surface area (Å²) in [5.41, 5.74) is 1.16. The van der Waals surface area contributed by atoms with E-state index in [1.54, 1.807) is 11.8 Å². The Balaban J connectivity index is 1.56. The van der Waals surface area contributed by atoms with Crippen molar-refractivity contribution in [1.82, 2.24) is 18.5 Å². The molecule has 2 fully saturated rings. The fourth-order valence-corrected chi connectivity index (χ4v) is 3.64. The third kappa shape index (κ3) is 2.92. The average Bonchev–Trinajstić information content (AvgIpc) is 3.17. The number of piperidine rings is 1. The number of hydrogen-bond acceptors (Lipinski definition) is 5. The second-order valence-corrected chi connectivity index (χ2v) is 6.33. The second-order valence-electron chi connectivity index (χ2n) is 5.80. The highest BCUT2D eigenvalue weighted by atomic mass is 32.1. The van der Waals surface area contributed by atoms with Crippen LogP contribution < -0.4 is 0 Å². The Bertz CT molecular complexity index is 531. The highest BCUT2D eigenvalue weighted by Gasteiger charge is 2.32. The summed E-state index contributed by atoms with van der Waals surface area (Å²) in [6.07, 6.45) is 3.77. The summed E-state index contributed by atoms with van der Waals surface area (Å²) in [6.45, 7) is 4.89. The van der Waals surface area contributed by atoms with Crippen LogP contribution in [0.5, 0.6) is 0 Å². The molecule has 2 aliphatic heterocycles. The van der Waals surface area contributed by atoms with Gasteiger partial charge in [-0.25, -0.2) is 0 Å². The number of likely N-dealkylation sites (tertiary alicyclic amines) is 2. The van der Waals surface area contributed by atoms with Crippen LogP contribution in [-0.4, -0.2) is 56.5 Å². The van der Waals surface area contributed by atoms with E-state index in [-0.39, 0.29) is 17.7 Å². The minimum atomic E-state index is -0.0479. The molecule has 114 valence electrons. The molecule has 3 rings (SSSR count). The molecule has 0 spiro atoms. The Morgan fingerprint density at radius 3 is 2.29 bits per heavy atom. The molecule has 21 heavy (non-hydrogen) atoms. The maximum atomic E-state index is 12.4. The number of amides is 2. The van der Waals surface area contributed by atoms with Crippen molar-refractivity contribution in [3.8, 4) is 0 Å². The molecule has 1 aromatic rings. The van der Waals surface area contributed by atoms with Gasteiger partial charge in [0.25, 0.3) is 5.91 Å². The van der Waals surface area contributed by atoms with Gasteiger partial charge in [-0.2, -0.15) is 8.75 Å². The second kappa shape index (κ2) is 6.09. The van der Waals surface area contributed by atoms with Gasteiger partial charge in [0, 0.05) is 32.1 Å². The quantitative estimate of drug-likeness (QED) is 0.826. The Morgan fingerprint density at radius 2 is 1.71 bits per heavy atom. The molecule has 2 amide bonds. The number of aromatic nitrogens is 2. The lowest BCUT2D eigenvalue weighted by molar-refractivity contribution is -0.135. The Morgan fingerprint density at radius 1 is 1.05 bits per heavy atom. The van der Waals surface area contributed by atoms with E-state index in [9.17, 15) is 9.59 Å². The van der Waals surface area contributed by atoms with Gasteiger partial charge < -0.3 is 9.80 Å². The topological polar surface area (TPSA) is 66.4 Å². The number of aryl methyl sites for hydroxylation is 1. The minimum absolute atomic E-state index is 0.0479. The van der Waals surface area contributed by atoms with Crippen molar-refractivity contribution in [2.24, 2.45) is 5.92 Å². The highest BCUT2D eigenvalue weighted by Crippen LogP contribution is 2.23. The molecule has 0 atom stereocenters. The predicted molar refractivity (Wildman–Crippen MR) is 79.1 cm³/mol. The van der Waals surface area contributed by atoms with E-state index in [2.05, 4.69) is 8.75 Å². The van der Waals surface area contributed by atoms with E-state index >= 15 is 0 Å². The molecule has 0 aromatic carbocycles. The third-order valence-corrected chi connectivity index (χ3v) is 5.02. The molecule has 0 aliphatic carbocycles. The van der Waals surface area contributed by atoms with Gasteiger partial charge in [-0.1, -0.05) is 0 Å². The van der Waals surface area contributed by atoms with Crippen LogP contribution >= 0.6 is 11.7 Å². The van der Waals surface area contributed by atoms with Gasteiger partial charge in [0.05, 0.1) is 17.4 Å². The van der Waals surface area contributed by atoms with E-state index < -0.39 is 0 Å². The van der Waals surface area contributed by atoms with Gasteiger partial charge >= 0.3 is 0 Å². The van der Waals surface area contributed by atoms with Crippen molar-refractivity contribution in [3.63, 3.8) is 0 Å². The summed E-state index contributed by atoms with van der Waals surface area (Å²) in [5.74, 6) is 0.321. The molecule has 3 heterocycles. The molecule has 0 saturated carbocycles. The smallest absolute Gasteiger partial charge is 0.275 e. The number of hydrogen-bond donors (Lipinski definition) is 0. The zero-order chi connectivity index (χ0) is 14.8. The van der Waals surface area contributed by atoms with Crippen LogP contribution in [0.25, 0.3) is 0 Å². The van der Waals surface area contributed by atoms with Crippen LogP contribution in [0, 0.1) is 12.8 Å². The molecule has 0 N–H and O–H groups in total. The molecule has 0 radical (unpaired) electrons. The Labute approximate surface area is 128 Å². The van der Waals surface area contributed by atoms with Gasteiger partial charge in [0.15, 0.2) is 5.69 Å². The number of nitrogens with zero attached hydrogens (tertiary/aromatic N) is 4. The lowest BCUT2D eigenvalue weighted by Gasteiger charge is -2.32. The van der Waals surface area contributed by atoms with Gasteiger partial charge in [-0.15, -0.1) is 0 Å². The Kier molecular flexibility index (Phi) is 4.19. The van der Waals surface area contributed by atoms with E-state index in [4.69, 9.17) is 0 Å². The van der Waals surface area contributed by atoms with Crippen LogP contribution in [0.2, 0.25) is 0 Å². The predicted octanol–water partition coefficient (Wildman–Crippen LogP) is 1.32. The van der Waals surface area contributed by atoms with Crippen LogP contribution in [0.15, 0.2) is 0 Å². The summed E-state index contributed by atoms with van der Waals surface area (Å²) in [5, 5.41) is 0. The largest absolute Gasteiger partial charge is 0.342 e. The molecule has 0 unspecified atom stereocenters. The van der Waals surface area contributed by atoms with E-state index in [0.717, 1.165) is 50.5 Å². The first kappa shape index (κ1) is 14.4. The molecule has 2 saturated heterocycles. The fourth-order valence-electron chi connectivity index (χ4n) is 3.10. The van der Waals surface area contributed by atoms with E-state index in [0.29, 0.717) is 24.5 Å². The minimum Gasteiger partial charge on any atom is -0.342 e. The van der Waals surface area contributed by atoms with Crippen molar-refractivity contribution in [3.05, 3.63) is 11.4 Å². The van der Waals surface area contributed by atoms with Gasteiger partial charge in [-0.3, -0.25) is 9.59 Å². The van der Waals surface area contributed by atoms with Gasteiger partial charge in [-0.05, 0) is 32.6 Å². The highest BCUT2D eigenvalue weighted by molar-refractivity contribution is 6.99. The van der Waals surface area contributed by atoms with Gasteiger partial charge in [0.2, 0.25) is 5.91 Å². The summed E-state index contributed by atoms with van der Waals surface area (Å²) in [6, 6.07) is 0. The van der Waals surface area contributed by atoms with Crippen LogP contribution in [0.3, 0.4) is 0 Å². The molecular weight excluding hydrogens is 288 g/mol. The van der Waals surface area contributed by atoms with Crippen LogP contribution in [0.1, 0.15) is 41.9 Å². The summed E-state index contributed by atoms with van der Waals surface area (Å²) in [7, 11) is 0. The molecule has 6 nitrogen and oxygen atoms in total. The lowest BCUT2D eigenvalue weighted by Crippen LogP contribution is -2.44. The Hall–Kier alpha value is -1.50. The molecule has 1 aromatic heterocycles. The molecule has 0 bridgehead atoms. The lowest BCUT2D eigenvalue weighted by atomic mass is 9.95. The van der Waals surface area contributed by atoms with Crippen LogP contribution in [-0.2, 0) is 4.79 Å². The maximum absolute atomic E-state index is 12.4. The SMILES string of the molecule is Cc1nsnc1C(=O)N1CCC(C(=O)N2CCCC2)CC1. The van der Waals surface area contributed by atoms with Crippen molar-refractivity contribution in [2.45, 2.75) is 32.6 Å². The first-order chi connectivity index (χ1) is 10.2. The number of carbonyl (C=O) groups is 2. The fraction of sp³-hybridized carbons (Fsp3) is 0.714. The summed E-state index contributed by atoms with van der Waals surface area (Å²) >= 11 is 1.07. The molecule has 2 aliphatic rings. The van der Waals surface area contributed by atoms with Crippen molar-refractivity contribution in [2.75, 3.05) is 26.2 Å². The van der Waals surface area contributed by atoms with Crippen LogP contribution in [0.4, 0.5) is 0 Å². The first-order valence-electron chi connectivity index (χ1n) is 7.54. The van der Waals surface area contributed by atoms with E-state index in [1.807, 2.05) is 4.90 Å². The maximum Gasteiger partial charge on any atom is 0.275 e. The first-order valence-corrected chi connectivity index (χ1v) is 8.27.